The van der Waals surface area contributed by atoms with E-state index in [0.717, 1.165) is 42.9 Å². The normalized spacial score (nSPS) is 19.3. The number of nitrogens with zero attached hydrogens (tertiary/aromatic N) is 4. The predicted octanol–water partition coefficient (Wildman–Crippen LogP) is 0.931. The minimum Gasteiger partial charge on any atom is -0.359 e. The van der Waals surface area contributed by atoms with Gasteiger partial charge in [0.05, 0.1) is 23.1 Å². The van der Waals surface area contributed by atoms with Crippen LogP contribution in [0, 0.1) is 5.92 Å². The summed E-state index contributed by atoms with van der Waals surface area (Å²) in [6.45, 7) is 1.67. The van der Waals surface area contributed by atoms with E-state index in [0.29, 0.717) is 0 Å². The number of amides is 1. The highest BCUT2D eigenvalue weighted by Crippen LogP contribution is 2.25. The van der Waals surface area contributed by atoms with E-state index in [1.54, 1.807) is 13.2 Å². The summed E-state index contributed by atoms with van der Waals surface area (Å²) in [7, 11) is 3.69. The van der Waals surface area contributed by atoms with E-state index in [1.807, 2.05) is 19.3 Å². The number of carbonyl (C=O) groups is 1. The molecule has 0 aliphatic carbocycles. The number of aromatic nitrogens is 3. The maximum Gasteiger partial charge on any atom is 0.224 e. The Hall–Kier alpha value is -2.11. The van der Waals surface area contributed by atoms with Crippen molar-refractivity contribution in [3.05, 3.63) is 18.5 Å². The minimum atomic E-state index is 0.0479. The van der Waals surface area contributed by atoms with E-state index in [9.17, 15) is 4.79 Å². The van der Waals surface area contributed by atoms with Gasteiger partial charge in [0.2, 0.25) is 11.9 Å². The third-order valence-electron chi connectivity index (χ3n) is 3.98. The summed E-state index contributed by atoms with van der Waals surface area (Å²) < 4.78 is 2.05. The number of hydrogen-bond donors (Lipinski definition) is 1. The van der Waals surface area contributed by atoms with Crippen LogP contribution in [0.25, 0.3) is 11.0 Å². The van der Waals surface area contributed by atoms with E-state index < -0.39 is 0 Å². The highest BCUT2D eigenvalue weighted by Gasteiger charge is 2.27. The maximum absolute atomic E-state index is 11.8. The number of rotatable bonds is 2. The Morgan fingerprint density at radius 1 is 1.50 bits per heavy atom. The van der Waals surface area contributed by atoms with Gasteiger partial charge in [-0.2, -0.15) is 0 Å². The lowest BCUT2D eigenvalue weighted by Gasteiger charge is -2.32. The Kier molecular flexibility index (Phi) is 3.30. The lowest BCUT2D eigenvalue weighted by atomic mass is 9.97. The highest BCUT2D eigenvalue weighted by molar-refractivity contribution is 5.80. The molecular formula is C14H19N5O. The standard InChI is InChI=1S/C14H19N5O/c1-15-13(20)10-4-3-7-19(9-10)14-17-11-5-6-16-8-12(11)18(14)2/h5-6,8,10H,3-4,7,9H2,1-2H3,(H,15,20). The van der Waals surface area contributed by atoms with Crippen molar-refractivity contribution < 1.29 is 4.79 Å². The summed E-state index contributed by atoms with van der Waals surface area (Å²) in [4.78, 5) is 22.8. The number of aryl methyl sites for hydroxylation is 1. The molecule has 1 aliphatic heterocycles. The number of imidazole rings is 1. The maximum atomic E-state index is 11.8. The number of pyridine rings is 1. The summed E-state index contributed by atoms with van der Waals surface area (Å²) in [5, 5.41) is 2.75. The number of anilines is 1. The largest absolute Gasteiger partial charge is 0.359 e. The van der Waals surface area contributed by atoms with E-state index in [1.165, 1.54) is 0 Å². The fraction of sp³-hybridized carbons (Fsp3) is 0.500. The van der Waals surface area contributed by atoms with Crippen LogP contribution in [0.15, 0.2) is 18.5 Å². The molecule has 3 heterocycles. The molecule has 2 aromatic rings. The Morgan fingerprint density at radius 2 is 2.35 bits per heavy atom. The van der Waals surface area contributed by atoms with E-state index in [-0.39, 0.29) is 11.8 Å². The van der Waals surface area contributed by atoms with Crippen molar-refractivity contribution in [3.63, 3.8) is 0 Å². The first-order valence-corrected chi connectivity index (χ1v) is 6.93. The molecule has 20 heavy (non-hydrogen) atoms. The third kappa shape index (κ3) is 2.11. The zero-order valence-corrected chi connectivity index (χ0v) is 11.8. The SMILES string of the molecule is CNC(=O)C1CCCN(c2nc3ccncc3n2C)C1. The summed E-state index contributed by atoms with van der Waals surface area (Å²) >= 11 is 0. The van der Waals surface area contributed by atoms with Gasteiger partial charge in [0, 0.05) is 33.4 Å². The number of piperidine rings is 1. The summed E-state index contributed by atoms with van der Waals surface area (Å²) in [6.07, 6.45) is 5.54. The second kappa shape index (κ2) is 5.11. The molecule has 6 nitrogen and oxygen atoms in total. The Balaban J connectivity index is 1.90. The van der Waals surface area contributed by atoms with Crippen LogP contribution in [0.4, 0.5) is 5.95 Å². The predicted molar refractivity (Wildman–Crippen MR) is 77.5 cm³/mol. The second-order valence-corrected chi connectivity index (χ2v) is 5.23. The van der Waals surface area contributed by atoms with Crippen LogP contribution in [0.2, 0.25) is 0 Å². The van der Waals surface area contributed by atoms with Gasteiger partial charge in [-0.1, -0.05) is 0 Å². The van der Waals surface area contributed by atoms with E-state index in [2.05, 4.69) is 24.8 Å². The van der Waals surface area contributed by atoms with Crippen molar-refractivity contribution in [2.75, 3.05) is 25.0 Å². The topological polar surface area (TPSA) is 63.1 Å². The first-order valence-electron chi connectivity index (χ1n) is 6.93. The fourth-order valence-electron chi connectivity index (χ4n) is 2.88. The van der Waals surface area contributed by atoms with Crippen LogP contribution in [0.1, 0.15) is 12.8 Å². The molecule has 0 aromatic carbocycles. The molecule has 1 N–H and O–H groups in total. The molecule has 1 aliphatic rings. The van der Waals surface area contributed by atoms with Crippen molar-refractivity contribution in [3.8, 4) is 0 Å². The lowest BCUT2D eigenvalue weighted by Crippen LogP contribution is -2.43. The van der Waals surface area contributed by atoms with Gasteiger partial charge in [-0.25, -0.2) is 4.98 Å². The number of carbonyl (C=O) groups excluding carboxylic acids is 1. The number of fused-ring (bicyclic) bond motifs is 1. The first-order chi connectivity index (χ1) is 9.70. The van der Waals surface area contributed by atoms with Gasteiger partial charge in [0.1, 0.15) is 0 Å². The molecule has 1 saturated heterocycles. The van der Waals surface area contributed by atoms with Crippen LogP contribution >= 0.6 is 0 Å². The zero-order chi connectivity index (χ0) is 14.1. The average Bonchev–Trinajstić information content (AvgIpc) is 2.84. The molecular weight excluding hydrogens is 254 g/mol. The van der Waals surface area contributed by atoms with Crippen molar-refractivity contribution in [2.45, 2.75) is 12.8 Å². The molecule has 1 atom stereocenters. The van der Waals surface area contributed by atoms with Gasteiger partial charge in [-0.15, -0.1) is 0 Å². The van der Waals surface area contributed by atoms with Crippen LogP contribution in [0.3, 0.4) is 0 Å². The average molecular weight is 273 g/mol. The first kappa shape index (κ1) is 12.9. The summed E-state index contributed by atoms with van der Waals surface area (Å²) in [5.41, 5.74) is 1.96. The molecule has 0 radical (unpaired) electrons. The highest BCUT2D eigenvalue weighted by atomic mass is 16.1. The molecule has 3 rings (SSSR count). The van der Waals surface area contributed by atoms with Crippen LogP contribution in [-0.2, 0) is 11.8 Å². The lowest BCUT2D eigenvalue weighted by molar-refractivity contribution is -0.124. The van der Waals surface area contributed by atoms with Gasteiger partial charge in [-0.3, -0.25) is 9.78 Å². The summed E-state index contributed by atoms with van der Waals surface area (Å²) in [6, 6.07) is 1.92. The minimum absolute atomic E-state index is 0.0479. The summed E-state index contributed by atoms with van der Waals surface area (Å²) in [5.74, 6) is 1.09. The number of hydrogen-bond acceptors (Lipinski definition) is 4. The van der Waals surface area contributed by atoms with Crippen molar-refractivity contribution in [1.29, 1.82) is 0 Å². The van der Waals surface area contributed by atoms with Crippen molar-refractivity contribution in [1.82, 2.24) is 19.9 Å². The van der Waals surface area contributed by atoms with E-state index >= 15 is 0 Å². The second-order valence-electron chi connectivity index (χ2n) is 5.23. The van der Waals surface area contributed by atoms with E-state index in [4.69, 9.17) is 0 Å². The van der Waals surface area contributed by atoms with Gasteiger partial charge in [-0.05, 0) is 18.9 Å². The Bertz CT molecular complexity index is 636. The van der Waals surface area contributed by atoms with Gasteiger partial charge in [0.25, 0.3) is 0 Å². The van der Waals surface area contributed by atoms with Gasteiger partial charge >= 0.3 is 0 Å². The van der Waals surface area contributed by atoms with Crippen LogP contribution in [0.5, 0.6) is 0 Å². The molecule has 2 aromatic heterocycles. The molecule has 0 saturated carbocycles. The quantitative estimate of drug-likeness (QED) is 0.884. The van der Waals surface area contributed by atoms with Crippen molar-refractivity contribution >= 4 is 22.9 Å². The van der Waals surface area contributed by atoms with Crippen molar-refractivity contribution in [2.24, 2.45) is 13.0 Å². The van der Waals surface area contributed by atoms with Crippen LogP contribution in [-0.4, -0.2) is 40.6 Å². The van der Waals surface area contributed by atoms with Gasteiger partial charge < -0.3 is 14.8 Å². The molecule has 6 heteroatoms. The van der Waals surface area contributed by atoms with Gasteiger partial charge in [0.15, 0.2) is 0 Å². The zero-order valence-electron chi connectivity index (χ0n) is 11.8. The monoisotopic (exact) mass is 273 g/mol. The molecule has 0 spiro atoms. The smallest absolute Gasteiger partial charge is 0.224 e. The molecule has 106 valence electrons. The third-order valence-corrected chi connectivity index (χ3v) is 3.98. The molecule has 1 fully saturated rings. The van der Waals surface area contributed by atoms with Crippen LogP contribution < -0.4 is 10.2 Å². The molecule has 1 amide bonds. The molecule has 1 unspecified atom stereocenters. The Labute approximate surface area is 117 Å². The Morgan fingerprint density at radius 3 is 3.10 bits per heavy atom. The number of nitrogens with one attached hydrogen (secondary N) is 1. The molecule has 0 bridgehead atoms. The fourth-order valence-corrected chi connectivity index (χ4v) is 2.88.